The van der Waals surface area contributed by atoms with E-state index in [1.807, 2.05) is 4.90 Å². The van der Waals surface area contributed by atoms with Gasteiger partial charge in [0.15, 0.2) is 5.13 Å². The molecular formula is C24H26F3N3O2S. The number of alkyl halides is 3. The molecule has 0 bridgehead atoms. The maximum Gasteiger partial charge on any atom is 0.416 e. The van der Waals surface area contributed by atoms with E-state index in [0.717, 1.165) is 54.2 Å². The summed E-state index contributed by atoms with van der Waals surface area (Å²) >= 11 is 1.14. The summed E-state index contributed by atoms with van der Waals surface area (Å²) in [5.41, 5.74) is -0.259. The first-order chi connectivity index (χ1) is 15.7. The SMILES string of the molecule is CC(=O)N(c1cccc(C(F)(F)F)c1)c1nc(/C=C/C(=O)N2CCCC3CCCCC32)cs1. The monoisotopic (exact) mass is 477 g/mol. The summed E-state index contributed by atoms with van der Waals surface area (Å²) in [5.74, 6) is 0.0988. The molecule has 176 valence electrons. The second kappa shape index (κ2) is 9.67. The lowest BCUT2D eigenvalue weighted by atomic mass is 9.78. The lowest BCUT2D eigenvalue weighted by Gasteiger charge is -2.43. The van der Waals surface area contributed by atoms with Crippen LogP contribution in [0.25, 0.3) is 6.08 Å². The number of hydrogen-bond donors (Lipinski definition) is 0. The summed E-state index contributed by atoms with van der Waals surface area (Å²) in [7, 11) is 0. The van der Waals surface area contributed by atoms with Crippen molar-refractivity contribution in [3.8, 4) is 0 Å². The van der Waals surface area contributed by atoms with Crippen LogP contribution in [0.1, 0.15) is 56.7 Å². The molecule has 0 spiro atoms. The fraction of sp³-hybridized carbons (Fsp3) is 0.458. The van der Waals surface area contributed by atoms with Gasteiger partial charge in [0.05, 0.1) is 16.9 Å². The van der Waals surface area contributed by atoms with Crippen molar-refractivity contribution in [2.45, 2.75) is 57.7 Å². The average molecular weight is 478 g/mol. The zero-order chi connectivity index (χ0) is 23.6. The van der Waals surface area contributed by atoms with E-state index in [-0.39, 0.29) is 16.7 Å². The van der Waals surface area contributed by atoms with Gasteiger partial charge in [-0.15, -0.1) is 11.3 Å². The Labute approximate surface area is 194 Å². The maximum atomic E-state index is 13.1. The zero-order valence-corrected chi connectivity index (χ0v) is 19.2. The van der Waals surface area contributed by atoms with E-state index in [1.54, 1.807) is 11.5 Å². The van der Waals surface area contributed by atoms with Crippen molar-refractivity contribution < 1.29 is 22.8 Å². The second-order valence-corrected chi connectivity index (χ2v) is 9.41. The molecule has 4 rings (SSSR count). The summed E-state index contributed by atoms with van der Waals surface area (Å²) in [4.78, 5) is 32.6. The largest absolute Gasteiger partial charge is 0.416 e. The number of benzene rings is 1. The van der Waals surface area contributed by atoms with Gasteiger partial charge in [-0.25, -0.2) is 4.98 Å². The van der Waals surface area contributed by atoms with Crippen LogP contribution in [-0.4, -0.2) is 34.3 Å². The predicted molar refractivity (Wildman–Crippen MR) is 122 cm³/mol. The van der Waals surface area contributed by atoms with E-state index in [0.29, 0.717) is 17.7 Å². The number of halogens is 3. The van der Waals surface area contributed by atoms with Crippen LogP contribution in [0.5, 0.6) is 0 Å². The predicted octanol–water partition coefficient (Wildman–Crippen LogP) is 6.04. The molecule has 1 saturated heterocycles. The van der Waals surface area contributed by atoms with Gasteiger partial charge >= 0.3 is 6.18 Å². The standard InChI is InChI=1S/C24H26F3N3O2S/c1-16(31)30(20-9-4-8-18(14-20)24(25,26)27)23-28-19(15-33-23)11-12-22(32)29-13-5-7-17-6-2-3-10-21(17)29/h4,8-9,11-12,14-15,17,21H,2-3,5-7,10,13H2,1H3/b12-11+. The molecule has 1 aromatic carbocycles. The molecule has 5 nitrogen and oxygen atoms in total. The smallest absolute Gasteiger partial charge is 0.336 e. The molecule has 2 amide bonds. The Bertz CT molecular complexity index is 1050. The molecule has 1 saturated carbocycles. The molecule has 2 aliphatic rings. The van der Waals surface area contributed by atoms with Gasteiger partial charge in [-0.2, -0.15) is 13.2 Å². The van der Waals surface area contributed by atoms with Gasteiger partial charge in [0.2, 0.25) is 11.8 Å². The number of piperidine rings is 1. The van der Waals surface area contributed by atoms with Gasteiger partial charge in [0, 0.05) is 31.0 Å². The number of hydrogen-bond acceptors (Lipinski definition) is 4. The molecule has 0 N–H and O–H groups in total. The van der Waals surface area contributed by atoms with E-state index in [2.05, 4.69) is 4.98 Å². The first kappa shape index (κ1) is 23.5. The van der Waals surface area contributed by atoms with Crippen LogP contribution in [0.15, 0.2) is 35.7 Å². The summed E-state index contributed by atoms with van der Waals surface area (Å²) in [6.07, 6.45) is 5.44. The summed E-state index contributed by atoms with van der Waals surface area (Å²) in [6.45, 7) is 2.04. The van der Waals surface area contributed by atoms with Crippen LogP contribution in [-0.2, 0) is 15.8 Å². The number of anilines is 2. The molecule has 2 fully saturated rings. The second-order valence-electron chi connectivity index (χ2n) is 8.58. The lowest BCUT2D eigenvalue weighted by Crippen LogP contribution is -2.49. The number of carbonyl (C=O) groups excluding carboxylic acids is 2. The Morgan fingerprint density at radius 2 is 1.94 bits per heavy atom. The molecule has 2 unspecified atom stereocenters. The minimum atomic E-state index is -4.51. The molecule has 2 aromatic rings. The first-order valence-corrected chi connectivity index (χ1v) is 12.0. The van der Waals surface area contributed by atoms with Gasteiger partial charge in [-0.05, 0) is 55.9 Å². The molecule has 1 aliphatic heterocycles. The van der Waals surface area contributed by atoms with Crippen molar-refractivity contribution in [3.05, 3.63) is 47.0 Å². The number of rotatable bonds is 4. The number of nitrogens with zero attached hydrogens (tertiary/aromatic N) is 3. The highest BCUT2D eigenvalue weighted by atomic mass is 32.1. The number of likely N-dealkylation sites (tertiary alicyclic amines) is 1. The minimum absolute atomic E-state index is 0.0394. The number of amides is 2. The molecule has 1 aromatic heterocycles. The van der Waals surface area contributed by atoms with Crippen LogP contribution in [0.4, 0.5) is 24.0 Å². The van der Waals surface area contributed by atoms with Crippen LogP contribution in [0.2, 0.25) is 0 Å². The molecule has 1 aliphatic carbocycles. The molecule has 33 heavy (non-hydrogen) atoms. The number of thiazole rings is 1. The number of carbonyl (C=O) groups is 2. The van der Waals surface area contributed by atoms with Gasteiger partial charge in [0.1, 0.15) is 0 Å². The molecule has 0 radical (unpaired) electrons. The molecule has 9 heteroatoms. The summed E-state index contributed by atoms with van der Waals surface area (Å²) < 4.78 is 39.3. The van der Waals surface area contributed by atoms with Crippen molar-refractivity contribution in [3.63, 3.8) is 0 Å². The summed E-state index contributed by atoms with van der Waals surface area (Å²) in [6, 6.07) is 4.90. The highest BCUT2D eigenvalue weighted by molar-refractivity contribution is 7.14. The van der Waals surface area contributed by atoms with Crippen LogP contribution in [0, 0.1) is 5.92 Å². The van der Waals surface area contributed by atoms with Gasteiger partial charge in [-0.3, -0.25) is 14.5 Å². The average Bonchev–Trinajstić information content (AvgIpc) is 3.25. The Morgan fingerprint density at radius 3 is 2.70 bits per heavy atom. The Hall–Kier alpha value is -2.68. The quantitative estimate of drug-likeness (QED) is 0.505. The van der Waals surface area contributed by atoms with E-state index >= 15 is 0 Å². The Kier molecular flexibility index (Phi) is 6.88. The van der Waals surface area contributed by atoms with E-state index in [4.69, 9.17) is 0 Å². The zero-order valence-electron chi connectivity index (χ0n) is 18.3. The van der Waals surface area contributed by atoms with Crippen LogP contribution in [0.3, 0.4) is 0 Å². The number of fused-ring (bicyclic) bond motifs is 1. The molecule has 2 atom stereocenters. The Morgan fingerprint density at radius 1 is 1.18 bits per heavy atom. The normalized spacial score (nSPS) is 21.2. The third-order valence-electron chi connectivity index (χ3n) is 6.37. The minimum Gasteiger partial charge on any atom is -0.336 e. The van der Waals surface area contributed by atoms with Crippen molar-refractivity contribution in [1.82, 2.24) is 9.88 Å². The van der Waals surface area contributed by atoms with Crippen molar-refractivity contribution in [2.24, 2.45) is 5.92 Å². The maximum absolute atomic E-state index is 13.1. The summed E-state index contributed by atoms with van der Waals surface area (Å²) in [5, 5.41) is 1.93. The van der Waals surface area contributed by atoms with E-state index in [1.165, 1.54) is 44.4 Å². The number of aromatic nitrogens is 1. The fourth-order valence-electron chi connectivity index (χ4n) is 4.85. The van der Waals surface area contributed by atoms with Gasteiger partial charge < -0.3 is 4.90 Å². The highest BCUT2D eigenvalue weighted by Crippen LogP contribution is 2.36. The first-order valence-electron chi connectivity index (χ1n) is 11.2. The Balaban J connectivity index is 1.51. The third kappa shape index (κ3) is 5.29. The van der Waals surface area contributed by atoms with Crippen LogP contribution >= 0.6 is 11.3 Å². The van der Waals surface area contributed by atoms with Crippen LogP contribution < -0.4 is 4.90 Å². The van der Waals surface area contributed by atoms with Crippen molar-refractivity contribution >= 4 is 40.0 Å². The van der Waals surface area contributed by atoms with Gasteiger partial charge in [-0.1, -0.05) is 18.9 Å². The third-order valence-corrected chi connectivity index (χ3v) is 7.21. The van der Waals surface area contributed by atoms with Crippen molar-refractivity contribution in [1.29, 1.82) is 0 Å². The topological polar surface area (TPSA) is 53.5 Å². The fourth-order valence-corrected chi connectivity index (χ4v) is 5.71. The molecular weight excluding hydrogens is 451 g/mol. The van der Waals surface area contributed by atoms with E-state index in [9.17, 15) is 22.8 Å². The van der Waals surface area contributed by atoms with Gasteiger partial charge in [0.25, 0.3) is 0 Å². The lowest BCUT2D eigenvalue weighted by molar-refractivity contribution is -0.137. The van der Waals surface area contributed by atoms with Crippen molar-refractivity contribution in [2.75, 3.05) is 11.4 Å². The van der Waals surface area contributed by atoms with E-state index < -0.39 is 17.6 Å². The molecule has 2 heterocycles. The highest BCUT2D eigenvalue weighted by Gasteiger charge is 2.35.